The Morgan fingerprint density at radius 2 is 2.15 bits per heavy atom. The molecule has 3 aromatic rings. The van der Waals surface area contributed by atoms with E-state index >= 15 is 0 Å². The summed E-state index contributed by atoms with van der Waals surface area (Å²) in [4.78, 5) is 20.8. The van der Waals surface area contributed by atoms with Crippen LogP contribution in [0.3, 0.4) is 0 Å². The first-order valence-electron chi connectivity index (χ1n) is 8.56. The molecule has 5 heteroatoms. The molecule has 26 heavy (non-hydrogen) atoms. The largest absolute Gasteiger partial charge is 0.332 e. The fraction of sp³-hybridized carbons (Fsp3) is 0.190. The van der Waals surface area contributed by atoms with Gasteiger partial charge in [0.15, 0.2) is 5.82 Å². The third-order valence-corrected chi connectivity index (χ3v) is 4.31. The van der Waals surface area contributed by atoms with Crippen molar-refractivity contribution in [1.82, 2.24) is 14.5 Å². The molecule has 1 aromatic carbocycles. The number of amides is 1. The topological polar surface area (TPSA) is 59.8 Å². The summed E-state index contributed by atoms with van der Waals surface area (Å²) in [6, 6.07) is 9.82. The average Bonchev–Trinajstić information content (AvgIpc) is 3.41. The summed E-state index contributed by atoms with van der Waals surface area (Å²) < 4.78 is 2.05. The molecule has 1 saturated carbocycles. The van der Waals surface area contributed by atoms with Gasteiger partial charge in [0.05, 0.1) is 6.33 Å². The monoisotopic (exact) mass is 342 g/mol. The van der Waals surface area contributed by atoms with E-state index in [-0.39, 0.29) is 5.91 Å². The number of hydrogen-bond acceptors (Lipinski definition) is 3. The van der Waals surface area contributed by atoms with E-state index < -0.39 is 0 Å². The highest BCUT2D eigenvalue weighted by Gasteiger charge is 2.23. The summed E-state index contributed by atoms with van der Waals surface area (Å²) in [7, 11) is 0. The number of nitrogens with zero attached hydrogens (tertiary/aromatic N) is 3. The van der Waals surface area contributed by atoms with Gasteiger partial charge in [0.2, 0.25) is 0 Å². The molecule has 4 rings (SSSR count). The molecule has 1 fully saturated rings. The predicted molar refractivity (Wildman–Crippen MR) is 99.8 cm³/mol. The Balaban J connectivity index is 1.52. The molecule has 1 aliphatic rings. The van der Waals surface area contributed by atoms with Crippen molar-refractivity contribution in [1.29, 1.82) is 0 Å². The lowest BCUT2D eigenvalue weighted by Gasteiger charge is -2.05. The van der Waals surface area contributed by atoms with Crippen LogP contribution in [-0.4, -0.2) is 20.4 Å². The number of carbonyl (C=O) groups excluding carboxylic acids is 1. The first kappa shape index (κ1) is 16.1. The van der Waals surface area contributed by atoms with Crippen molar-refractivity contribution in [3.05, 3.63) is 77.5 Å². The van der Waals surface area contributed by atoms with Gasteiger partial charge >= 0.3 is 0 Å². The first-order chi connectivity index (χ1) is 12.7. The van der Waals surface area contributed by atoms with Gasteiger partial charge in [-0.15, -0.1) is 0 Å². The van der Waals surface area contributed by atoms with Gasteiger partial charge in [0.25, 0.3) is 5.91 Å². The van der Waals surface area contributed by atoms with Crippen LogP contribution in [-0.2, 0) is 0 Å². The Labute approximate surface area is 152 Å². The molecule has 0 spiro atoms. The number of hydrogen-bond donors (Lipinski definition) is 1. The molecule has 2 aromatic heterocycles. The lowest BCUT2D eigenvalue weighted by Crippen LogP contribution is -2.12. The summed E-state index contributed by atoms with van der Waals surface area (Å²) in [5, 5.41) is 2.85. The molecular formula is C21H18N4O. The fourth-order valence-corrected chi connectivity index (χ4v) is 2.64. The fourth-order valence-electron chi connectivity index (χ4n) is 2.64. The molecule has 0 aliphatic heterocycles. The summed E-state index contributed by atoms with van der Waals surface area (Å²) in [5.41, 5.74) is 3.25. The highest BCUT2D eigenvalue weighted by molar-refractivity contribution is 6.04. The van der Waals surface area contributed by atoms with Gasteiger partial charge in [-0.3, -0.25) is 9.78 Å². The maximum absolute atomic E-state index is 12.5. The second-order valence-corrected chi connectivity index (χ2v) is 6.41. The van der Waals surface area contributed by atoms with Crippen LogP contribution in [0.25, 0.3) is 0 Å². The van der Waals surface area contributed by atoms with Gasteiger partial charge in [-0.25, -0.2) is 4.98 Å². The number of aryl methyl sites for hydroxylation is 1. The van der Waals surface area contributed by atoms with E-state index in [4.69, 9.17) is 0 Å². The number of imidazole rings is 1. The van der Waals surface area contributed by atoms with Crippen LogP contribution < -0.4 is 5.32 Å². The second-order valence-electron chi connectivity index (χ2n) is 6.41. The van der Waals surface area contributed by atoms with E-state index in [1.165, 1.54) is 12.8 Å². The quantitative estimate of drug-likeness (QED) is 0.740. The van der Waals surface area contributed by atoms with Crippen molar-refractivity contribution in [3.8, 4) is 11.8 Å². The Kier molecular flexibility index (Phi) is 4.24. The summed E-state index contributed by atoms with van der Waals surface area (Å²) in [6.07, 6.45) is 9.45. The molecule has 0 radical (unpaired) electrons. The molecule has 5 nitrogen and oxygen atoms in total. The van der Waals surface area contributed by atoms with Crippen LogP contribution in [0.15, 0.2) is 55.2 Å². The van der Waals surface area contributed by atoms with Crippen LogP contribution in [0.1, 0.15) is 45.9 Å². The Bertz CT molecular complexity index is 1010. The van der Waals surface area contributed by atoms with Crippen molar-refractivity contribution in [3.63, 3.8) is 0 Å². The zero-order chi connectivity index (χ0) is 17.9. The van der Waals surface area contributed by atoms with Crippen LogP contribution >= 0.6 is 0 Å². The van der Waals surface area contributed by atoms with Crippen molar-refractivity contribution in [2.24, 2.45) is 0 Å². The molecule has 0 atom stereocenters. The number of pyridine rings is 1. The molecule has 1 N–H and O–H groups in total. The Morgan fingerprint density at radius 1 is 1.27 bits per heavy atom. The van der Waals surface area contributed by atoms with Crippen molar-refractivity contribution >= 4 is 11.7 Å². The van der Waals surface area contributed by atoms with Crippen molar-refractivity contribution < 1.29 is 4.79 Å². The molecule has 2 heterocycles. The standard InChI is InChI=1S/C21H18N4O/c1-15-4-6-18(11-17(15)7-5-16-3-2-10-22-12-16)21(26)24-20-13-25(14-23-20)19-8-9-19/h2-4,6,10-14,19H,8-9H2,1H3,(H,24,26). The molecule has 0 bridgehead atoms. The second kappa shape index (κ2) is 6.85. The van der Waals surface area contributed by atoms with E-state index in [9.17, 15) is 4.79 Å². The van der Waals surface area contributed by atoms with Crippen LogP contribution in [0.2, 0.25) is 0 Å². The summed E-state index contributed by atoms with van der Waals surface area (Å²) >= 11 is 0. The van der Waals surface area contributed by atoms with Gasteiger partial charge in [-0.1, -0.05) is 17.9 Å². The molecule has 128 valence electrons. The number of carbonyl (C=O) groups is 1. The number of nitrogens with one attached hydrogen (secondary N) is 1. The normalized spacial score (nSPS) is 13.0. The predicted octanol–water partition coefficient (Wildman–Crippen LogP) is 3.57. The molecule has 0 unspecified atom stereocenters. The van der Waals surface area contributed by atoms with Gasteiger partial charge in [-0.05, 0) is 49.6 Å². The van der Waals surface area contributed by atoms with Gasteiger partial charge in [-0.2, -0.15) is 0 Å². The lowest BCUT2D eigenvalue weighted by molar-refractivity contribution is 0.102. The lowest BCUT2D eigenvalue weighted by atomic mass is 10.0. The van der Waals surface area contributed by atoms with Gasteiger partial charge in [0, 0.05) is 41.3 Å². The Hall–Kier alpha value is -3.39. The van der Waals surface area contributed by atoms with Crippen molar-refractivity contribution in [2.45, 2.75) is 25.8 Å². The smallest absolute Gasteiger partial charge is 0.256 e. The first-order valence-corrected chi connectivity index (χ1v) is 8.56. The number of aromatic nitrogens is 3. The van der Waals surface area contributed by atoms with Crippen LogP contribution in [0.4, 0.5) is 5.82 Å². The highest BCUT2D eigenvalue weighted by Crippen LogP contribution is 2.35. The van der Waals surface area contributed by atoms with Gasteiger partial charge in [0.1, 0.15) is 0 Å². The van der Waals surface area contributed by atoms with E-state index in [2.05, 4.69) is 31.7 Å². The average molecular weight is 342 g/mol. The van der Waals surface area contributed by atoms with Crippen molar-refractivity contribution in [2.75, 3.05) is 5.32 Å². The van der Waals surface area contributed by atoms with E-state index in [1.807, 2.05) is 37.4 Å². The number of benzene rings is 1. The van der Waals surface area contributed by atoms with Crippen LogP contribution in [0.5, 0.6) is 0 Å². The highest BCUT2D eigenvalue weighted by atomic mass is 16.1. The number of anilines is 1. The minimum absolute atomic E-state index is 0.185. The summed E-state index contributed by atoms with van der Waals surface area (Å²) in [5.74, 6) is 6.60. The Morgan fingerprint density at radius 3 is 2.92 bits per heavy atom. The van der Waals surface area contributed by atoms with Crippen LogP contribution in [0, 0.1) is 18.8 Å². The molecule has 0 saturated heterocycles. The third kappa shape index (κ3) is 3.65. The van der Waals surface area contributed by atoms with E-state index in [0.717, 1.165) is 16.7 Å². The zero-order valence-corrected chi connectivity index (χ0v) is 14.4. The maximum atomic E-state index is 12.5. The van der Waals surface area contributed by atoms with E-state index in [1.54, 1.807) is 24.8 Å². The van der Waals surface area contributed by atoms with E-state index in [0.29, 0.717) is 17.4 Å². The minimum Gasteiger partial charge on any atom is -0.332 e. The third-order valence-electron chi connectivity index (χ3n) is 4.31. The zero-order valence-electron chi connectivity index (χ0n) is 14.4. The molecular weight excluding hydrogens is 324 g/mol. The number of rotatable bonds is 3. The van der Waals surface area contributed by atoms with Gasteiger partial charge < -0.3 is 9.88 Å². The SMILES string of the molecule is Cc1ccc(C(=O)Nc2cn(C3CC3)cn2)cc1C#Cc1cccnc1. The molecule has 1 amide bonds. The molecule has 1 aliphatic carbocycles. The maximum Gasteiger partial charge on any atom is 0.256 e. The summed E-state index contributed by atoms with van der Waals surface area (Å²) in [6.45, 7) is 1.98. The minimum atomic E-state index is -0.185.